The third kappa shape index (κ3) is 3.16. The first kappa shape index (κ1) is 16.9. The molecule has 6 heteroatoms. The lowest BCUT2D eigenvalue weighted by Gasteiger charge is -2.28. The van der Waals surface area contributed by atoms with Gasteiger partial charge in [-0.2, -0.15) is 5.26 Å². The van der Waals surface area contributed by atoms with Crippen LogP contribution in [0.4, 0.5) is 8.78 Å². The fourth-order valence-corrected chi connectivity index (χ4v) is 3.51. The molecule has 3 nitrogen and oxygen atoms in total. The van der Waals surface area contributed by atoms with Gasteiger partial charge in [-0.15, -0.1) is 0 Å². The van der Waals surface area contributed by atoms with E-state index in [9.17, 15) is 8.78 Å². The molecular formula is C18H18ClF2N3. The van der Waals surface area contributed by atoms with Gasteiger partial charge < -0.3 is 4.40 Å². The Hall–Kier alpha value is -1.93. The van der Waals surface area contributed by atoms with E-state index in [-0.39, 0.29) is 18.8 Å². The van der Waals surface area contributed by atoms with Crippen LogP contribution in [0.2, 0.25) is 5.02 Å². The second-order valence-corrected chi connectivity index (χ2v) is 6.97. The zero-order valence-electron chi connectivity index (χ0n) is 13.5. The summed E-state index contributed by atoms with van der Waals surface area (Å²) in [5, 5.41) is 9.47. The van der Waals surface area contributed by atoms with Crippen molar-refractivity contribution in [1.82, 2.24) is 9.38 Å². The highest BCUT2D eigenvalue weighted by molar-refractivity contribution is 6.31. The minimum Gasteiger partial charge on any atom is -0.302 e. The third-order valence-electron chi connectivity index (χ3n) is 4.65. The molecule has 1 fully saturated rings. The van der Waals surface area contributed by atoms with Crippen molar-refractivity contribution in [1.29, 1.82) is 5.26 Å². The van der Waals surface area contributed by atoms with Crippen LogP contribution in [0.25, 0.3) is 11.2 Å². The van der Waals surface area contributed by atoms with Gasteiger partial charge in [0.1, 0.15) is 11.7 Å². The molecule has 0 N–H and O–H groups in total. The number of alkyl halides is 2. The Labute approximate surface area is 144 Å². The van der Waals surface area contributed by atoms with E-state index >= 15 is 0 Å². The maximum absolute atomic E-state index is 13.4. The van der Waals surface area contributed by atoms with Gasteiger partial charge in [0, 0.05) is 25.1 Å². The van der Waals surface area contributed by atoms with Crippen molar-refractivity contribution in [2.24, 2.45) is 5.92 Å². The molecule has 0 unspecified atom stereocenters. The van der Waals surface area contributed by atoms with Crippen LogP contribution in [0, 0.1) is 17.2 Å². The molecule has 2 aromatic heterocycles. The van der Waals surface area contributed by atoms with E-state index in [1.165, 1.54) is 0 Å². The Morgan fingerprint density at radius 1 is 1.50 bits per heavy atom. The maximum atomic E-state index is 13.4. The Balaban J connectivity index is 1.99. The molecular weight excluding hydrogens is 332 g/mol. The number of imidazole rings is 1. The van der Waals surface area contributed by atoms with Gasteiger partial charge in [-0.3, -0.25) is 0 Å². The number of pyridine rings is 1. The van der Waals surface area contributed by atoms with Crippen LogP contribution < -0.4 is 0 Å². The van der Waals surface area contributed by atoms with Gasteiger partial charge in [0.25, 0.3) is 0 Å². The van der Waals surface area contributed by atoms with E-state index in [1.807, 2.05) is 17.4 Å². The van der Waals surface area contributed by atoms with E-state index in [2.05, 4.69) is 11.6 Å². The molecule has 0 aromatic carbocycles. The molecule has 0 spiro atoms. The van der Waals surface area contributed by atoms with Crippen molar-refractivity contribution >= 4 is 22.8 Å². The fourth-order valence-electron chi connectivity index (χ4n) is 3.31. The highest BCUT2D eigenvalue weighted by Crippen LogP contribution is 2.38. The number of nitrogens with zero attached hydrogens (tertiary/aromatic N) is 3. The molecule has 2 aromatic rings. The highest BCUT2D eigenvalue weighted by Gasteiger charge is 2.35. The summed E-state index contributed by atoms with van der Waals surface area (Å²) in [7, 11) is 0. The normalized spacial score (nSPS) is 17.8. The number of rotatable bonds is 3. The number of halogens is 3. The molecule has 1 aliphatic carbocycles. The maximum Gasteiger partial charge on any atom is 0.248 e. The van der Waals surface area contributed by atoms with Gasteiger partial charge in [0.05, 0.1) is 22.0 Å². The molecule has 0 atom stereocenters. The first-order chi connectivity index (χ1) is 11.3. The van der Waals surface area contributed by atoms with Crippen LogP contribution in [0.3, 0.4) is 0 Å². The number of allylic oxidation sites excluding steroid dienone is 1. The van der Waals surface area contributed by atoms with Crippen molar-refractivity contribution < 1.29 is 8.78 Å². The monoisotopic (exact) mass is 349 g/mol. The molecule has 0 bridgehead atoms. The average molecular weight is 350 g/mol. The van der Waals surface area contributed by atoms with Crippen LogP contribution in [-0.4, -0.2) is 15.3 Å². The smallest absolute Gasteiger partial charge is 0.248 e. The van der Waals surface area contributed by atoms with Crippen molar-refractivity contribution in [2.45, 2.75) is 45.0 Å². The third-order valence-corrected chi connectivity index (χ3v) is 4.96. The van der Waals surface area contributed by atoms with Gasteiger partial charge in [-0.25, -0.2) is 13.8 Å². The summed E-state index contributed by atoms with van der Waals surface area (Å²) in [6.45, 7) is 5.84. The summed E-state index contributed by atoms with van der Waals surface area (Å²) in [4.78, 5) is 4.56. The van der Waals surface area contributed by atoms with Crippen LogP contribution in [-0.2, 0) is 6.42 Å². The van der Waals surface area contributed by atoms with Crippen molar-refractivity contribution in [3.63, 3.8) is 0 Å². The topological polar surface area (TPSA) is 41.1 Å². The predicted octanol–water partition coefficient (Wildman–Crippen LogP) is 5.26. The largest absolute Gasteiger partial charge is 0.302 e. The van der Waals surface area contributed by atoms with Gasteiger partial charge in [-0.1, -0.05) is 18.2 Å². The van der Waals surface area contributed by atoms with Crippen LogP contribution in [0.15, 0.2) is 18.8 Å². The number of hydrogen-bond donors (Lipinski definition) is 0. The lowest BCUT2D eigenvalue weighted by atomic mass is 9.83. The Bertz CT molecular complexity index is 838. The molecule has 3 rings (SSSR count). The molecule has 2 heterocycles. The van der Waals surface area contributed by atoms with E-state index in [1.54, 1.807) is 12.3 Å². The second-order valence-electron chi connectivity index (χ2n) is 6.57. The molecule has 126 valence electrons. The highest BCUT2D eigenvalue weighted by atomic mass is 35.5. The summed E-state index contributed by atoms with van der Waals surface area (Å²) < 4.78 is 28.6. The zero-order chi connectivity index (χ0) is 17.5. The lowest BCUT2D eigenvalue weighted by Crippen LogP contribution is -2.25. The minimum absolute atomic E-state index is 0.0594. The first-order valence-corrected chi connectivity index (χ1v) is 8.33. The molecule has 24 heavy (non-hydrogen) atoms. The van der Waals surface area contributed by atoms with E-state index in [4.69, 9.17) is 16.9 Å². The lowest BCUT2D eigenvalue weighted by molar-refractivity contribution is -0.0457. The predicted molar refractivity (Wildman–Crippen MR) is 90.2 cm³/mol. The van der Waals surface area contributed by atoms with Crippen molar-refractivity contribution in [3.8, 4) is 6.07 Å². The Kier molecular flexibility index (Phi) is 4.35. The van der Waals surface area contributed by atoms with Crippen LogP contribution in [0.5, 0.6) is 0 Å². The van der Waals surface area contributed by atoms with Gasteiger partial charge in [-0.05, 0) is 37.7 Å². The van der Waals surface area contributed by atoms with Crippen molar-refractivity contribution in [3.05, 3.63) is 40.8 Å². The quantitative estimate of drug-likeness (QED) is 0.758. The van der Waals surface area contributed by atoms with E-state index in [0.717, 1.165) is 17.0 Å². The SMILES string of the molecule is C=C(C)c1nc2cc(C#N)c(Cl)cn2c1CC1CCC(F)(F)CC1. The number of aromatic nitrogens is 2. The molecule has 1 saturated carbocycles. The summed E-state index contributed by atoms with van der Waals surface area (Å²) in [5.74, 6) is -2.34. The zero-order valence-corrected chi connectivity index (χ0v) is 14.2. The fraction of sp³-hybridized carbons (Fsp3) is 0.444. The number of nitriles is 1. The minimum atomic E-state index is -2.53. The standard InChI is InChI=1S/C18H18ClF2N3/c1-11(2)17-15(7-12-3-5-18(20,21)6-4-12)24-10-14(19)13(9-22)8-16(24)23-17/h8,10,12H,1,3-7H2,2H3. The van der Waals surface area contributed by atoms with Gasteiger partial charge in [0.2, 0.25) is 5.92 Å². The molecule has 0 amide bonds. The Morgan fingerprint density at radius 3 is 2.75 bits per heavy atom. The van der Waals surface area contributed by atoms with Gasteiger partial charge in [0.15, 0.2) is 0 Å². The number of fused-ring (bicyclic) bond motifs is 1. The number of hydrogen-bond acceptors (Lipinski definition) is 2. The van der Waals surface area contributed by atoms with Crippen molar-refractivity contribution in [2.75, 3.05) is 0 Å². The van der Waals surface area contributed by atoms with Crippen LogP contribution in [0.1, 0.15) is 49.6 Å². The van der Waals surface area contributed by atoms with Crippen LogP contribution >= 0.6 is 11.6 Å². The molecule has 1 aliphatic rings. The summed E-state index contributed by atoms with van der Waals surface area (Å²) >= 11 is 6.15. The summed E-state index contributed by atoms with van der Waals surface area (Å²) in [5.41, 5.74) is 3.50. The van der Waals surface area contributed by atoms with E-state index in [0.29, 0.717) is 35.5 Å². The molecule has 0 radical (unpaired) electrons. The van der Waals surface area contributed by atoms with Gasteiger partial charge >= 0.3 is 0 Å². The summed E-state index contributed by atoms with van der Waals surface area (Å²) in [6.07, 6.45) is 3.22. The second kappa shape index (κ2) is 6.18. The Morgan fingerprint density at radius 2 is 2.17 bits per heavy atom. The first-order valence-electron chi connectivity index (χ1n) is 7.95. The van der Waals surface area contributed by atoms with E-state index < -0.39 is 5.92 Å². The average Bonchev–Trinajstić information content (AvgIpc) is 2.86. The molecule has 0 aliphatic heterocycles. The molecule has 0 saturated heterocycles. The summed E-state index contributed by atoms with van der Waals surface area (Å²) in [6, 6.07) is 3.69.